The highest BCUT2D eigenvalue weighted by Crippen LogP contribution is 2.25. The van der Waals surface area contributed by atoms with Gasteiger partial charge in [-0.25, -0.2) is 9.59 Å². The van der Waals surface area contributed by atoms with E-state index in [1.165, 1.54) is 6.42 Å². The molecule has 1 saturated carbocycles. The lowest BCUT2D eigenvalue weighted by Gasteiger charge is -2.22. The molecule has 0 spiro atoms. The molecule has 7 nitrogen and oxygen atoms in total. The molecule has 0 aliphatic heterocycles. The van der Waals surface area contributed by atoms with Gasteiger partial charge in [0.05, 0.1) is 0 Å². The topological polar surface area (TPSA) is 93.7 Å². The summed E-state index contributed by atoms with van der Waals surface area (Å²) in [5.74, 6) is -0.470. The molecule has 27 heavy (non-hydrogen) atoms. The molecule has 1 fully saturated rings. The zero-order valence-corrected chi connectivity index (χ0v) is 16.0. The summed E-state index contributed by atoms with van der Waals surface area (Å²) in [5.41, 5.74) is 0.988. The zero-order valence-electron chi connectivity index (χ0n) is 16.0. The van der Waals surface area contributed by atoms with E-state index in [-0.39, 0.29) is 18.6 Å². The van der Waals surface area contributed by atoms with Crippen molar-refractivity contribution in [3.63, 3.8) is 0 Å². The van der Waals surface area contributed by atoms with Gasteiger partial charge < -0.3 is 14.8 Å². The number of imide groups is 1. The summed E-state index contributed by atoms with van der Waals surface area (Å²) in [6.07, 6.45) is 5.18. The van der Waals surface area contributed by atoms with Crippen molar-refractivity contribution in [3.05, 3.63) is 29.8 Å². The van der Waals surface area contributed by atoms with Gasteiger partial charge in [-0.3, -0.25) is 10.1 Å². The summed E-state index contributed by atoms with van der Waals surface area (Å²) >= 11 is 0. The first-order chi connectivity index (χ1) is 13.0. The number of benzene rings is 1. The number of hydrogen-bond acceptors (Lipinski definition) is 5. The molecule has 2 N–H and O–H groups in total. The maximum absolute atomic E-state index is 11.8. The Morgan fingerprint density at radius 2 is 1.78 bits per heavy atom. The number of urea groups is 1. The fourth-order valence-corrected chi connectivity index (χ4v) is 3.04. The number of hydrogen-bond donors (Lipinski definition) is 2. The predicted molar refractivity (Wildman–Crippen MR) is 101 cm³/mol. The van der Waals surface area contributed by atoms with Crippen molar-refractivity contribution in [3.8, 4) is 5.75 Å². The molecule has 1 aromatic rings. The molecule has 0 unspecified atom stereocenters. The average Bonchev–Trinajstić information content (AvgIpc) is 2.65. The van der Waals surface area contributed by atoms with Crippen LogP contribution in [-0.2, 0) is 14.3 Å². The number of para-hydroxylation sites is 1. The quantitative estimate of drug-likeness (QED) is 0.714. The highest BCUT2D eigenvalue weighted by molar-refractivity contribution is 5.95. The zero-order chi connectivity index (χ0) is 19.6. The third kappa shape index (κ3) is 7.29. The lowest BCUT2D eigenvalue weighted by molar-refractivity contribution is -0.150. The molecule has 0 bridgehead atoms. The minimum absolute atomic E-state index is 0.100. The smallest absolute Gasteiger partial charge is 0.344 e. The number of amides is 3. The van der Waals surface area contributed by atoms with Crippen molar-refractivity contribution in [1.29, 1.82) is 0 Å². The van der Waals surface area contributed by atoms with Gasteiger partial charge in [-0.1, -0.05) is 51.3 Å². The Morgan fingerprint density at radius 3 is 2.48 bits per heavy atom. The number of carbonyl (C=O) groups is 3. The average molecular weight is 376 g/mol. The van der Waals surface area contributed by atoms with Gasteiger partial charge in [-0.15, -0.1) is 0 Å². The van der Waals surface area contributed by atoms with Gasteiger partial charge in [0.25, 0.3) is 5.91 Å². The summed E-state index contributed by atoms with van der Waals surface area (Å²) in [4.78, 5) is 35.3. The summed E-state index contributed by atoms with van der Waals surface area (Å²) < 4.78 is 10.3. The Hall–Kier alpha value is -2.57. The third-order valence-electron chi connectivity index (χ3n) is 4.44. The lowest BCUT2D eigenvalue weighted by atomic mass is 9.96. The van der Waals surface area contributed by atoms with Crippen LogP contribution in [0.3, 0.4) is 0 Å². The molecule has 0 heterocycles. The van der Waals surface area contributed by atoms with E-state index >= 15 is 0 Å². The van der Waals surface area contributed by atoms with Crippen molar-refractivity contribution >= 4 is 17.9 Å². The minimum atomic E-state index is -0.670. The van der Waals surface area contributed by atoms with Crippen molar-refractivity contribution in [1.82, 2.24) is 10.6 Å². The number of rotatable bonds is 7. The summed E-state index contributed by atoms with van der Waals surface area (Å²) in [6, 6.07) is 7.00. The van der Waals surface area contributed by atoms with E-state index < -0.39 is 24.5 Å². The first-order valence-electron chi connectivity index (χ1n) is 9.43. The first-order valence-corrected chi connectivity index (χ1v) is 9.43. The fourth-order valence-electron chi connectivity index (χ4n) is 3.04. The molecule has 1 aromatic carbocycles. The maximum atomic E-state index is 11.8. The van der Waals surface area contributed by atoms with Crippen LogP contribution in [0, 0.1) is 0 Å². The molecular formula is C20H28N2O5. The number of esters is 1. The largest absolute Gasteiger partial charge is 0.482 e. The molecule has 1 aliphatic rings. The van der Waals surface area contributed by atoms with Crippen LogP contribution in [0.1, 0.15) is 57.4 Å². The van der Waals surface area contributed by atoms with Gasteiger partial charge in [0.2, 0.25) is 0 Å². The Bertz CT molecular complexity index is 654. The van der Waals surface area contributed by atoms with E-state index in [0.29, 0.717) is 5.75 Å². The SMILES string of the molecule is CC(C)c1ccccc1OCC(=O)OCC(=O)NC(=O)NC1CCCCC1. The summed E-state index contributed by atoms with van der Waals surface area (Å²) in [6.45, 7) is 3.24. The van der Waals surface area contributed by atoms with Gasteiger partial charge in [-0.2, -0.15) is 0 Å². The second kappa shape index (κ2) is 10.5. The monoisotopic (exact) mass is 376 g/mol. The van der Waals surface area contributed by atoms with Crippen molar-refractivity contribution < 1.29 is 23.9 Å². The number of carbonyl (C=O) groups excluding carboxylic acids is 3. The highest BCUT2D eigenvalue weighted by Gasteiger charge is 2.17. The van der Waals surface area contributed by atoms with Crippen LogP contribution in [0.25, 0.3) is 0 Å². The lowest BCUT2D eigenvalue weighted by Crippen LogP contribution is -2.46. The second-order valence-corrected chi connectivity index (χ2v) is 7.00. The van der Waals surface area contributed by atoms with Crippen molar-refractivity contribution in [2.75, 3.05) is 13.2 Å². The molecule has 0 aromatic heterocycles. The predicted octanol–water partition coefficient (Wildman–Crippen LogP) is 2.89. The van der Waals surface area contributed by atoms with E-state index in [9.17, 15) is 14.4 Å². The minimum Gasteiger partial charge on any atom is -0.482 e. The Balaban J connectivity index is 1.67. The number of nitrogens with one attached hydrogen (secondary N) is 2. The second-order valence-electron chi connectivity index (χ2n) is 7.00. The van der Waals surface area contributed by atoms with Crippen LogP contribution in [0.2, 0.25) is 0 Å². The normalized spacial score (nSPS) is 14.5. The molecule has 0 atom stereocenters. The van der Waals surface area contributed by atoms with Crippen LogP contribution >= 0.6 is 0 Å². The molecule has 0 saturated heterocycles. The molecule has 3 amide bonds. The van der Waals surface area contributed by atoms with Crippen LogP contribution in [0.4, 0.5) is 4.79 Å². The van der Waals surface area contributed by atoms with Crippen molar-refractivity contribution in [2.45, 2.75) is 57.9 Å². The van der Waals surface area contributed by atoms with Crippen LogP contribution < -0.4 is 15.4 Å². The van der Waals surface area contributed by atoms with E-state index in [2.05, 4.69) is 10.6 Å². The molecular weight excluding hydrogens is 348 g/mol. The Morgan fingerprint density at radius 1 is 1.07 bits per heavy atom. The first kappa shape index (κ1) is 20.7. The van der Waals surface area contributed by atoms with Crippen LogP contribution in [0.5, 0.6) is 5.75 Å². The van der Waals surface area contributed by atoms with Gasteiger partial charge in [-0.05, 0) is 30.4 Å². The molecule has 0 radical (unpaired) electrons. The van der Waals surface area contributed by atoms with E-state index in [1.54, 1.807) is 6.07 Å². The maximum Gasteiger partial charge on any atom is 0.344 e. The van der Waals surface area contributed by atoms with Crippen molar-refractivity contribution in [2.24, 2.45) is 0 Å². The molecule has 7 heteroatoms. The van der Waals surface area contributed by atoms with Crippen LogP contribution in [0.15, 0.2) is 24.3 Å². The Labute approximate surface area is 159 Å². The van der Waals surface area contributed by atoms with E-state index in [1.807, 2.05) is 32.0 Å². The number of ether oxygens (including phenoxy) is 2. The highest BCUT2D eigenvalue weighted by atomic mass is 16.6. The van der Waals surface area contributed by atoms with E-state index in [4.69, 9.17) is 9.47 Å². The summed E-state index contributed by atoms with van der Waals surface area (Å²) in [5, 5.41) is 4.94. The Kier molecular flexibility index (Phi) is 8.10. The fraction of sp³-hybridized carbons (Fsp3) is 0.550. The van der Waals surface area contributed by atoms with Crippen LogP contribution in [-0.4, -0.2) is 37.2 Å². The standard InChI is InChI=1S/C20H28N2O5/c1-14(2)16-10-6-7-11-17(16)26-13-19(24)27-12-18(23)22-20(25)21-15-8-4-3-5-9-15/h6-7,10-11,14-15H,3-5,8-9,12-13H2,1-2H3,(H2,21,22,23,25). The molecule has 1 aliphatic carbocycles. The van der Waals surface area contributed by atoms with Gasteiger partial charge in [0.1, 0.15) is 5.75 Å². The van der Waals surface area contributed by atoms with E-state index in [0.717, 1.165) is 31.2 Å². The molecule has 148 valence electrons. The van der Waals surface area contributed by atoms with Gasteiger partial charge in [0, 0.05) is 6.04 Å². The molecule has 2 rings (SSSR count). The summed E-state index contributed by atoms with van der Waals surface area (Å²) in [7, 11) is 0. The third-order valence-corrected chi connectivity index (χ3v) is 4.44. The van der Waals surface area contributed by atoms with Gasteiger partial charge >= 0.3 is 12.0 Å². The van der Waals surface area contributed by atoms with Gasteiger partial charge in [0.15, 0.2) is 13.2 Å².